The maximum atomic E-state index is 12.9. The van der Waals surface area contributed by atoms with E-state index in [9.17, 15) is 9.59 Å². The van der Waals surface area contributed by atoms with Crippen LogP contribution in [-0.4, -0.2) is 18.2 Å². The van der Waals surface area contributed by atoms with Crippen molar-refractivity contribution in [1.82, 2.24) is 0 Å². The number of anilines is 1. The lowest BCUT2D eigenvalue weighted by molar-refractivity contribution is 0.0950. The largest absolute Gasteiger partial charge is 0.455 e. The number of benzene rings is 1. The quantitative estimate of drug-likeness (QED) is 0.811. The van der Waals surface area contributed by atoms with Crippen LogP contribution in [0, 0.1) is 6.92 Å². The van der Waals surface area contributed by atoms with E-state index < -0.39 is 0 Å². The van der Waals surface area contributed by atoms with Gasteiger partial charge in [-0.1, -0.05) is 18.2 Å². The fraction of sp³-hybridized carbons (Fsp3) is 0.333. The fourth-order valence-electron chi connectivity index (χ4n) is 3.52. The Morgan fingerprint density at radius 1 is 1.18 bits per heavy atom. The Morgan fingerprint density at radius 3 is 2.82 bits per heavy atom. The van der Waals surface area contributed by atoms with Crippen molar-refractivity contribution in [3.63, 3.8) is 0 Å². The molecule has 4 nitrogen and oxygen atoms in total. The normalized spacial score (nSPS) is 16.6. The van der Waals surface area contributed by atoms with Crippen LogP contribution >= 0.6 is 0 Å². The van der Waals surface area contributed by atoms with Crippen LogP contribution in [0.2, 0.25) is 0 Å². The minimum Gasteiger partial charge on any atom is -0.455 e. The first-order valence-corrected chi connectivity index (χ1v) is 7.72. The maximum Gasteiger partial charge on any atom is 0.294 e. The summed E-state index contributed by atoms with van der Waals surface area (Å²) in [7, 11) is 0. The van der Waals surface area contributed by atoms with E-state index in [2.05, 4.69) is 0 Å². The number of hydrogen-bond acceptors (Lipinski definition) is 3. The molecule has 4 heteroatoms. The lowest BCUT2D eigenvalue weighted by Gasteiger charge is -2.16. The summed E-state index contributed by atoms with van der Waals surface area (Å²) >= 11 is 0. The predicted molar refractivity (Wildman–Crippen MR) is 82.5 cm³/mol. The molecule has 0 radical (unpaired) electrons. The second-order valence-corrected chi connectivity index (χ2v) is 5.97. The molecule has 2 aromatic rings. The Hall–Kier alpha value is -2.36. The van der Waals surface area contributed by atoms with Crippen molar-refractivity contribution in [3.8, 4) is 0 Å². The summed E-state index contributed by atoms with van der Waals surface area (Å²) in [6.45, 7) is 2.48. The molecule has 1 aliphatic heterocycles. The van der Waals surface area contributed by atoms with Gasteiger partial charge in [-0.25, -0.2) is 0 Å². The van der Waals surface area contributed by atoms with E-state index in [0.29, 0.717) is 35.6 Å². The van der Waals surface area contributed by atoms with Crippen LogP contribution in [0.3, 0.4) is 0 Å². The van der Waals surface area contributed by atoms with Crippen LogP contribution in [0.5, 0.6) is 0 Å². The Bertz CT molecular complexity index is 788. The van der Waals surface area contributed by atoms with Gasteiger partial charge in [-0.2, -0.15) is 0 Å². The third-order valence-electron chi connectivity index (χ3n) is 4.63. The Balaban J connectivity index is 1.75. The first-order chi connectivity index (χ1) is 10.7. The number of amides is 1. The summed E-state index contributed by atoms with van der Waals surface area (Å²) in [6.07, 6.45) is 2.96. The summed E-state index contributed by atoms with van der Waals surface area (Å²) in [4.78, 5) is 26.7. The highest BCUT2D eigenvalue weighted by Gasteiger charge is 2.33. The van der Waals surface area contributed by atoms with Crippen LogP contribution in [0.1, 0.15) is 50.6 Å². The molecule has 1 aromatic heterocycles. The van der Waals surface area contributed by atoms with Crippen molar-refractivity contribution >= 4 is 17.4 Å². The number of nitrogens with zero attached hydrogens (tertiary/aromatic N) is 1. The van der Waals surface area contributed by atoms with E-state index in [0.717, 1.165) is 24.9 Å². The average Bonchev–Trinajstić information content (AvgIpc) is 3.09. The maximum absolute atomic E-state index is 12.9. The van der Waals surface area contributed by atoms with Gasteiger partial charge < -0.3 is 9.32 Å². The molecule has 0 unspecified atom stereocenters. The Labute approximate surface area is 128 Å². The van der Waals surface area contributed by atoms with Gasteiger partial charge in [-0.05, 0) is 31.4 Å². The van der Waals surface area contributed by atoms with Crippen LogP contribution in [-0.2, 0) is 12.8 Å². The number of hydrogen-bond donors (Lipinski definition) is 0. The van der Waals surface area contributed by atoms with Crippen molar-refractivity contribution in [2.24, 2.45) is 0 Å². The molecule has 0 bridgehead atoms. The highest BCUT2D eigenvalue weighted by molar-refractivity contribution is 6.09. The first-order valence-electron chi connectivity index (χ1n) is 7.72. The van der Waals surface area contributed by atoms with Crippen LogP contribution < -0.4 is 4.90 Å². The van der Waals surface area contributed by atoms with E-state index in [1.54, 1.807) is 4.90 Å². The van der Waals surface area contributed by atoms with E-state index in [1.807, 2.05) is 31.2 Å². The topological polar surface area (TPSA) is 50.5 Å². The fourth-order valence-corrected chi connectivity index (χ4v) is 3.52. The SMILES string of the molecule is Cc1c(C(=O)N2CCc3ccccc32)oc2c1C(=O)CCC2. The van der Waals surface area contributed by atoms with Crippen LogP contribution in [0.25, 0.3) is 0 Å². The molecule has 1 aromatic carbocycles. The van der Waals surface area contributed by atoms with Crippen LogP contribution in [0.4, 0.5) is 5.69 Å². The molecule has 0 fully saturated rings. The van der Waals surface area contributed by atoms with E-state index >= 15 is 0 Å². The molecule has 2 aliphatic rings. The summed E-state index contributed by atoms with van der Waals surface area (Å²) in [6, 6.07) is 7.94. The molecular formula is C18H17NO3. The molecule has 0 saturated carbocycles. The molecule has 0 atom stereocenters. The van der Waals surface area contributed by atoms with Gasteiger partial charge in [0.15, 0.2) is 11.5 Å². The highest BCUT2D eigenvalue weighted by atomic mass is 16.4. The minimum absolute atomic E-state index is 0.100. The Kier molecular flexibility index (Phi) is 2.93. The molecule has 4 rings (SSSR count). The van der Waals surface area contributed by atoms with Gasteiger partial charge in [-0.15, -0.1) is 0 Å². The number of furan rings is 1. The highest BCUT2D eigenvalue weighted by Crippen LogP contribution is 2.33. The third kappa shape index (κ3) is 1.83. The summed E-state index contributed by atoms with van der Waals surface area (Å²) in [5.41, 5.74) is 3.48. The second kappa shape index (κ2) is 4.83. The van der Waals surface area contributed by atoms with Gasteiger partial charge in [0, 0.05) is 30.6 Å². The molecule has 22 heavy (non-hydrogen) atoms. The molecular weight excluding hydrogens is 278 g/mol. The van der Waals surface area contributed by atoms with Gasteiger partial charge in [0.1, 0.15) is 5.76 Å². The first kappa shape index (κ1) is 13.3. The smallest absolute Gasteiger partial charge is 0.294 e. The number of carbonyl (C=O) groups excluding carboxylic acids is 2. The van der Waals surface area contributed by atoms with Gasteiger partial charge in [0.05, 0.1) is 5.56 Å². The van der Waals surface area contributed by atoms with Crippen LogP contribution in [0.15, 0.2) is 28.7 Å². The number of fused-ring (bicyclic) bond motifs is 2. The van der Waals surface area contributed by atoms with Gasteiger partial charge in [0.25, 0.3) is 5.91 Å². The predicted octanol–water partition coefficient (Wildman–Crippen LogP) is 3.31. The van der Waals surface area contributed by atoms with E-state index in [1.165, 1.54) is 5.56 Å². The van der Waals surface area contributed by atoms with Gasteiger partial charge in [0.2, 0.25) is 0 Å². The molecule has 0 spiro atoms. The lowest BCUT2D eigenvalue weighted by Crippen LogP contribution is -2.29. The molecule has 2 heterocycles. The van der Waals surface area contributed by atoms with E-state index in [-0.39, 0.29) is 11.7 Å². The van der Waals surface area contributed by atoms with Gasteiger partial charge >= 0.3 is 0 Å². The third-order valence-corrected chi connectivity index (χ3v) is 4.63. The van der Waals surface area contributed by atoms with Crippen molar-refractivity contribution < 1.29 is 14.0 Å². The van der Waals surface area contributed by atoms with Gasteiger partial charge in [-0.3, -0.25) is 9.59 Å². The average molecular weight is 295 g/mol. The molecule has 0 N–H and O–H groups in total. The second-order valence-electron chi connectivity index (χ2n) is 5.97. The molecule has 1 aliphatic carbocycles. The summed E-state index contributed by atoms with van der Waals surface area (Å²) in [5, 5.41) is 0. The number of rotatable bonds is 1. The zero-order valence-electron chi connectivity index (χ0n) is 12.5. The van der Waals surface area contributed by atoms with Crippen molar-refractivity contribution in [2.75, 3.05) is 11.4 Å². The number of ketones is 1. The minimum atomic E-state index is -0.135. The zero-order valence-corrected chi connectivity index (χ0v) is 12.5. The number of Topliss-reactive ketones (excluding diaryl/α,β-unsaturated/α-hetero) is 1. The monoisotopic (exact) mass is 295 g/mol. The zero-order chi connectivity index (χ0) is 15.3. The van der Waals surface area contributed by atoms with Crippen molar-refractivity contribution in [2.45, 2.75) is 32.6 Å². The molecule has 1 amide bonds. The molecule has 0 saturated heterocycles. The number of carbonyl (C=O) groups is 2. The van der Waals surface area contributed by atoms with Crippen molar-refractivity contribution in [3.05, 3.63) is 52.5 Å². The standard InChI is InChI=1S/C18H17NO3/c1-11-16-14(20)7-4-8-15(16)22-17(11)18(21)19-10-9-12-5-2-3-6-13(12)19/h2-3,5-6H,4,7-10H2,1H3. The number of aryl methyl sites for hydroxylation is 1. The lowest BCUT2D eigenvalue weighted by atomic mass is 9.94. The summed E-state index contributed by atoms with van der Waals surface area (Å²) < 4.78 is 5.78. The van der Waals surface area contributed by atoms with Crippen molar-refractivity contribution in [1.29, 1.82) is 0 Å². The summed E-state index contributed by atoms with van der Waals surface area (Å²) in [5.74, 6) is 0.981. The van der Waals surface area contributed by atoms with E-state index in [4.69, 9.17) is 4.42 Å². The molecule has 112 valence electrons. The Morgan fingerprint density at radius 2 is 2.00 bits per heavy atom. The number of para-hydroxylation sites is 1.